The second-order valence-corrected chi connectivity index (χ2v) is 4.06. The SMILES string of the molecule is C=CCCC(=O)N1CCC[C@@]1(C)C(=O)O. The molecule has 0 unspecified atom stereocenters. The van der Waals surface area contributed by atoms with E-state index in [-0.39, 0.29) is 5.91 Å². The van der Waals surface area contributed by atoms with Crippen molar-refractivity contribution in [3.8, 4) is 0 Å². The highest BCUT2D eigenvalue weighted by Gasteiger charge is 2.45. The monoisotopic (exact) mass is 211 g/mol. The zero-order chi connectivity index (χ0) is 11.5. The van der Waals surface area contributed by atoms with E-state index in [1.807, 2.05) is 0 Å². The van der Waals surface area contributed by atoms with Gasteiger partial charge in [0.2, 0.25) is 5.91 Å². The number of carboxylic acids is 1. The average Bonchev–Trinajstić information content (AvgIpc) is 2.58. The molecule has 0 bridgehead atoms. The fraction of sp³-hybridized carbons (Fsp3) is 0.636. The Morgan fingerprint density at radius 2 is 2.27 bits per heavy atom. The topological polar surface area (TPSA) is 57.6 Å². The number of hydrogen-bond donors (Lipinski definition) is 1. The standard InChI is InChI=1S/C11H17NO3/c1-3-4-6-9(13)12-8-5-7-11(12,2)10(14)15/h3H,1,4-8H2,2H3,(H,14,15)/t11-/m0/s1. The molecule has 1 heterocycles. The Kier molecular flexibility index (Phi) is 3.50. The van der Waals surface area contributed by atoms with Crippen LogP contribution in [-0.4, -0.2) is 34.0 Å². The van der Waals surface area contributed by atoms with Crippen molar-refractivity contribution in [1.82, 2.24) is 4.90 Å². The lowest BCUT2D eigenvalue weighted by atomic mass is 9.99. The molecule has 0 saturated carbocycles. The third-order valence-corrected chi connectivity index (χ3v) is 2.97. The van der Waals surface area contributed by atoms with Crippen LogP contribution in [-0.2, 0) is 9.59 Å². The van der Waals surface area contributed by atoms with Crippen LogP contribution in [0.1, 0.15) is 32.6 Å². The Morgan fingerprint density at radius 3 is 2.80 bits per heavy atom. The molecule has 84 valence electrons. The second-order valence-electron chi connectivity index (χ2n) is 4.06. The van der Waals surface area contributed by atoms with Gasteiger partial charge in [-0.25, -0.2) is 4.79 Å². The lowest BCUT2D eigenvalue weighted by Crippen LogP contribution is -2.50. The molecule has 1 N–H and O–H groups in total. The van der Waals surface area contributed by atoms with Crippen LogP contribution in [0.15, 0.2) is 12.7 Å². The van der Waals surface area contributed by atoms with E-state index in [4.69, 9.17) is 5.11 Å². The summed E-state index contributed by atoms with van der Waals surface area (Å²) in [6, 6.07) is 0. The number of amides is 1. The van der Waals surface area contributed by atoms with Gasteiger partial charge in [-0.15, -0.1) is 6.58 Å². The maximum atomic E-state index is 11.7. The van der Waals surface area contributed by atoms with E-state index >= 15 is 0 Å². The number of nitrogens with zero attached hydrogens (tertiary/aromatic N) is 1. The highest BCUT2D eigenvalue weighted by molar-refractivity contribution is 5.87. The summed E-state index contributed by atoms with van der Waals surface area (Å²) in [6.45, 7) is 5.72. The summed E-state index contributed by atoms with van der Waals surface area (Å²) in [5, 5.41) is 9.10. The Hall–Kier alpha value is -1.32. The molecule has 1 atom stereocenters. The van der Waals surface area contributed by atoms with Crippen molar-refractivity contribution in [1.29, 1.82) is 0 Å². The van der Waals surface area contributed by atoms with Crippen molar-refractivity contribution < 1.29 is 14.7 Å². The molecular weight excluding hydrogens is 194 g/mol. The molecule has 0 aromatic carbocycles. The molecule has 4 nitrogen and oxygen atoms in total. The summed E-state index contributed by atoms with van der Waals surface area (Å²) < 4.78 is 0. The largest absolute Gasteiger partial charge is 0.480 e. The Labute approximate surface area is 89.6 Å². The minimum absolute atomic E-state index is 0.0858. The predicted octanol–water partition coefficient (Wildman–Crippen LogP) is 1.42. The van der Waals surface area contributed by atoms with Gasteiger partial charge in [-0.3, -0.25) is 4.79 Å². The van der Waals surface area contributed by atoms with Gasteiger partial charge in [-0.1, -0.05) is 6.08 Å². The van der Waals surface area contributed by atoms with Gasteiger partial charge in [0, 0.05) is 13.0 Å². The molecule has 1 saturated heterocycles. The molecule has 0 radical (unpaired) electrons. The van der Waals surface area contributed by atoms with Crippen LogP contribution >= 0.6 is 0 Å². The normalized spacial score (nSPS) is 25.3. The van der Waals surface area contributed by atoms with Crippen molar-refractivity contribution in [3.05, 3.63) is 12.7 Å². The van der Waals surface area contributed by atoms with Crippen molar-refractivity contribution in [2.75, 3.05) is 6.54 Å². The lowest BCUT2D eigenvalue weighted by molar-refractivity contribution is -0.155. The second kappa shape index (κ2) is 4.47. The van der Waals surface area contributed by atoms with Crippen LogP contribution in [0.3, 0.4) is 0 Å². The zero-order valence-corrected chi connectivity index (χ0v) is 9.03. The zero-order valence-electron chi connectivity index (χ0n) is 9.03. The summed E-state index contributed by atoms with van der Waals surface area (Å²) in [4.78, 5) is 24.3. The van der Waals surface area contributed by atoms with E-state index < -0.39 is 11.5 Å². The lowest BCUT2D eigenvalue weighted by Gasteiger charge is -2.31. The first-order valence-corrected chi connectivity index (χ1v) is 5.17. The third-order valence-electron chi connectivity index (χ3n) is 2.97. The molecule has 1 aliphatic heterocycles. The highest BCUT2D eigenvalue weighted by Crippen LogP contribution is 2.29. The fourth-order valence-corrected chi connectivity index (χ4v) is 1.95. The first kappa shape index (κ1) is 11.8. The summed E-state index contributed by atoms with van der Waals surface area (Å²) in [7, 11) is 0. The Balaban J connectivity index is 2.72. The van der Waals surface area contributed by atoms with Gasteiger partial charge in [0.1, 0.15) is 5.54 Å². The minimum Gasteiger partial charge on any atom is -0.480 e. The van der Waals surface area contributed by atoms with E-state index in [1.165, 1.54) is 4.90 Å². The number of aliphatic carboxylic acids is 1. The maximum absolute atomic E-state index is 11.7. The molecule has 0 spiro atoms. The van der Waals surface area contributed by atoms with Gasteiger partial charge in [-0.05, 0) is 26.2 Å². The summed E-state index contributed by atoms with van der Waals surface area (Å²) in [5.74, 6) is -0.996. The van der Waals surface area contributed by atoms with Crippen LogP contribution in [0.4, 0.5) is 0 Å². The smallest absolute Gasteiger partial charge is 0.329 e. The average molecular weight is 211 g/mol. The van der Waals surface area contributed by atoms with E-state index in [1.54, 1.807) is 13.0 Å². The van der Waals surface area contributed by atoms with E-state index in [2.05, 4.69) is 6.58 Å². The first-order valence-electron chi connectivity index (χ1n) is 5.17. The van der Waals surface area contributed by atoms with E-state index in [0.29, 0.717) is 25.8 Å². The number of carbonyl (C=O) groups excluding carboxylic acids is 1. The highest BCUT2D eigenvalue weighted by atomic mass is 16.4. The van der Waals surface area contributed by atoms with Gasteiger partial charge in [0.15, 0.2) is 0 Å². The minimum atomic E-state index is -1.00. The van der Waals surface area contributed by atoms with Gasteiger partial charge < -0.3 is 10.0 Å². The predicted molar refractivity (Wildman–Crippen MR) is 56.4 cm³/mol. The van der Waals surface area contributed by atoms with Crippen LogP contribution in [0.25, 0.3) is 0 Å². The number of likely N-dealkylation sites (tertiary alicyclic amines) is 1. The van der Waals surface area contributed by atoms with E-state index in [9.17, 15) is 9.59 Å². The summed E-state index contributed by atoms with van der Waals surface area (Å²) in [5.41, 5.74) is -1.00. The maximum Gasteiger partial charge on any atom is 0.329 e. The number of carboxylic acid groups (broad SMARTS) is 1. The fourth-order valence-electron chi connectivity index (χ4n) is 1.95. The Bertz CT molecular complexity index is 288. The molecule has 4 heteroatoms. The van der Waals surface area contributed by atoms with Crippen molar-refractivity contribution in [3.63, 3.8) is 0 Å². The van der Waals surface area contributed by atoms with Crippen molar-refractivity contribution >= 4 is 11.9 Å². The first-order chi connectivity index (χ1) is 7.02. The van der Waals surface area contributed by atoms with Crippen molar-refractivity contribution in [2.24, 2.45) is 0 Å². The van der Waals surface area contributed by atoms with Crippen LogP contribution in [0.2, 0.25) is 0 Å². The number of rotatable bonds is 4. The molecule has 0 aromatic heterocycles. The molecule has 0 aliphatic carbocycles. The molecule has 15 heavy (non-hydrogen) atoms. The van der Waals surface area contributed by atoms with Gasteiger partial charge >= 0.3 is 5.97 Å². The summed E-state index contributed by atoms with van der Waals surface area (Å²) in [6.07, 6.45) is 3.94. The molecule has 1 fully saturated rings. The van der Waals surface area contributed by atoms with E-state index in [0.717, 1.165) is 6.42 Å². The number of allylic oxidation sites excluding steroid dienone is 1. The number of carbonyl (C=O) groups is 2. The molecule has 0 aromatic rings. The van der Waals surface area contributed by atoms with Crippen LogP contribution in [0.5, 0.6) is 0 Å². The third kappa shape index (κ3) is 2.19. The summed E-state index contributed by atoms with van der Waals surface area (Å²) >= 11 is 0. The number of hydrogen-bond acceptors (Lipinski definition) is 2. The van der Waals surface area contributed by atoms with Crippen LogP contribution in [0, 0.1) is 0 Å². The van der Waals surface area contributed by atoms with Gasteiger partial charge in [0.25, 0.3) is 0 Å². The molecular formula is C11H17NO3. The van der Waals surface area contributed by atoms with Gasteiger partial charge in [-0.2, -0.15) is 0 Å². The molecule has 1 amide bonds. The molecule has 1 aliphatic rings. The van der Waals surface area contributed by atoms with Crippen LogP contribution < -0.4 is 0 Å². The van der Waals surface area contributed by atoms with Crippen molar-refractivity contribution in [2.45, 2.75) is 38.1 Å². The Morgan fingerprint density at radius 1 is 1.60 bits per heavy atom. The van der Waals surface area contributed by atoms with Gasteiger partial charge in [0.05, 0.1) is 0 Å². The quantitative estimate of drug-likeness (QED) is 0.715. The molecule has 1 rings (SSSR count).